The van der Waals surface area contributed by atoms with Crippen molar-refractivity contribution >= 4 is 11.8 Å². The molecule has 0 heterocycles. The summed E-state index contributed by atoms with van der Waals surface area (Å²) in [6.45, 7) is 4.21. The van der Waals surface area contributed by atoms with Gasteiger partial charge in [0.2, 0.25) is 0 Å². The maximum absolute atomic E-state index is 12.8. The highest BCUT2D eigenvalue weighted by molar-refractivity contribution is 7.99. The first kappa shape index (κ1) is 14.5. The van der Waals surface area contributed by atoms with E-state index in [0.717, 1.165) is 11.3 Å². The summed E-state index contributed by atoms with van der Waals surface area (Å²) >= 11 is 1.69. The van der Waals surface area contributed by atoms with Crippen LogP contribution in [0.5, 0.6) is 0 Å². The SMILES string of the molecule is CNC(C)(CO)CC(C)Sc1ccc(F)cc1. The van der Waals surface area contributed by atoms with Crippen LogP contribution in [0.3, 0.4) is 0 Å². The lowest BCUT2D eigenvalue weighted by atomic mass is 9.97. The Morgan fingerprint density at radius 2 is 2.00 bits per heavy atom. The predicted molar refractivity (Wildman–Crippen MR) is 70.9 cm³/mol. The first-order chi connectivity index (χ1) is 7.99. The van der Waals surface area contributed by atoms with Crippen LogP contribution in [-0.2, 0) is 0 Å². The predicted octanol–water partition coefficient (Wildman–Crippen LogP) is 2.67. The maximum atomic E-state index is 12.8. The number of benzene rings is 1. The van der Waals surface area contributed by atoms with Crippen molar-refractivity contribution in [1.29, 1.82) is 0 Å². The zero-order valence-corrected chi connectivity index (χ0v) is 11.4. The van der Waals surface area contributed by atoms with E-state index in [0.29, 0.717) is 5.25 Å². The Bertz CT molecular complexity index is 338. The number of aliphatic hydroxyl groups is 1. The Morgan fingerprint density at radius 3 is 2.47 bits per heavy atom. The molecule has 2 unspecified atom stereocenters. The van der Waals surface area contributed by atoms with Crippen LogP contribution in [0.1, 0.15) is 20.3 Å². The number of halogens is 1. The molecule has 2 N–H and O–H groups in total. The summed E-state index contributed by atoms with van der Waals surface area (Å²) in [4.78, 5) is 1.05. The number of likely N-dealkylation sites (N-methyl/N-ethyl adjacent to an activating group) is 1. The lowest BCUT2D eigenvalue weighted by Gasteiger charge is -2.29. The third kappa shape index (κ3) is 4.66. The maximum Gasteiger partial charge on any atom is 0.123 e. The minimum Gasteiger partial charge on any atom is -0.394 e. The number of rotatable bonds is 6. The van der Waals surface area contributed by atoms with E-state index in [1.54, 1.807) is 23.9 Å². The minimum atomic E-state index is -0.257. The van der Waals surface area contributed by atoms with Gasteiger partial charge in [-0.25, -0.2) is 4.39 Å². The van der Waals surface area contributed by atoms with Gasteiger partial charge in [-0.15, -0.1) is 11.8 Å². The summed E-state index contributed by atoms with van der Waals surface area (Å²) in [5.74, 6) is -0.211. The van der Waals surface area contributed by atoms with Gasteiger partial charge in [-0.2, -0.15) is 0 Å². The molecule has 0 radical (unpaired) electrons. The quantitative estimate of drug-likeness (QED) is 0.769. The molecule has 96 valence electrons. The fraction of sp³-hybridized carbons (Fsp3) is 0.538. The molecule has 2 atom stereocenters. The number of thioether (sulfide) groups is 1. The van der Waals surface area contributed by atoms with Gasteiger partial charge in [0, 0.05) is 15.7 Å². The zero-order chi connectivity index (χ0) is 12.9. The molecule has 1 aromatic carbocycles. The molecule has 0 aromatic heterocycles. The molecule has 1 aromatic rings. The van der Waals surface area contributed by atoms with Gasteiger partial charge in [0.1, 0.15) is 5.82 Å². The van der Waals surface area contributed by atoms with Gasteiger partial charge < -0.3 is 10.4 Å². The van der Waals surface area contributed by atoms with Crippen LogP contribution in [0.2, 0.25) is 0 Å². The van der Waals surface area contributed by atoms with Crippen molar-refractivity contribution in [3.63, 3.8) is 0 Å². The van der Waals surface area contributed by atoms with Gasteiger partial charge in [-0.05, 0) is 44.7 Å². The average molecular weight is 257 g/mol. The Hall–Kier alpha value is -0.580. The third-order valence-electron chi connectivity index (χ3n) is 2.84. The highest BCUT2D eigenvalue weighted by Crippen LogP contribution is 2.28. The topological polar surface area (TPSA) is 32.3 Å². The minimum absolute atomic E-state index is 0.109. The molecule has 0 saturated carbocycles. The van der Waals surface area contributed by atoms with Gasteiger partial charge in [0.25, 0.3) is 0 Å². The Morgan fingerprint density at radius 1 is 1.41 bits per heavy atom. The Kier molecular flexibility index (Phi) is 5.43. The smallest absolute Gasteiger partial charge is 0.123 e. The molecule has 0 fully saturated rings. The molecular formula is C13H20FNOS. The lowest BCUT2D eigenvalue weighted by Crippen LogP contribution is -2.45. The van der Waals surface area contributed by atoms with Crippen LogP contribution >= 0.6 is 11.8 Å². The second-order valence-electron chi connectivity index (χ2n) is 4.56. The van der Waals surface area contributed by atoms with E-state index in [9.17, 15) is 9.50 Å². The summed E-state index contributed by atoms with van der Waals surface area (Å²) in [6.07, 6.45) is 0.849. The van der Waals surface area contributed by atoms with Gasteiger partial charge in [0.15, 0.2) is 0 Å². The van der Waals surface area contributed by atoms with E-state index in [2.05, 4.69) is 12.2 Å². The van der Waals surface area contributed by atoms with Crippen molar-refractivity contribution in [2.24, 2.45) is 0 Å². The summed E-state index contributed by atoms with van der Waals surface area (Å²) in [5.41, 5.74) is -0.257. The largest absolute Gasteiger partial charge is 0.394 e. The van der Waals surface area contributed by atoms with Gasteiger partial charge in [0.05, 0.1) is 6.61 Å². The zero-order valence-electron chi connectivity index (χ0n) is 10.5. The molecule has 1 rings (SSSR count). The van der Waals surface area contributed by atoms with Crippen molar-refractivity contribution in [3.8, 4) is 0 Å². The number of hydrogen-bond donors (Lipinski definition) is 2. The molecule has 4 heteroatoms. The van der Waals surface area contributed by atoms with E-state index in [-0.39, 0.29) is 18.0 Å². The van der Waals surface area contributed by atoms with Crippen molar-refractivity contribution in [2.75, 3.05) is 13.7 Å². The van der Waals surface area contributed by atoms with Crippen LogP contribution in [0.25, 0.3) is 0 Å². The lowest BCUT2D eigenvalue weighted by molar-refractivity contribution is 0.174. The van der Waals surface area contributed by atoms with E-state index >= 15 is 0 Å². The first-order valence-electron chi connectivity index (χ1n) is 5.71. The molecule has 0 saturated heterocycles. The summed E-state index contributed by atoms with van der Waals surface area (Å²) in [5, 5.41) is 12.8. The standard InChI is InChI=1S/C13H20FNOS/c1-10(8-13(2,9-16)15-3)17-12-6-4-11(14)5-7-12/h4-7,10,15-16H,8-9H2,1-3H3. The summed E-state index contributed by atoms with van der Waals surface area (Å²) in [7, 11) is 1.85. The number of hydrogen-bond acceptors (Lipinski definition) is 3. The fourth-order valence-corrected chi connectivity index (χ4v) is 2.88. The van der Waals surface area contributed by atoms with Crippen molar-refractivity contribution in [1.82, 2.24) is 5.32 Å². The monoisotopic (exact) mass is 257 g/mol. The first-order valence-corrected chi connectivity index (χ1v) is 6.59. The molecular weight excluding hydrogens is 237 g/mol. The summed E-state index contributed by atoms with van der Waals surface area (Å²) in [6, 6.07) is 6.51. The van der Waals surface area contributed by atoms with E-state index in [1.165, 1.54) is 12.1 Å². The molecule has 0 spiro atoms. The Balaban J connectivity index is 2.54. The van der Waals surface area contributed by atoms with Gasteiger partial charge in [-0.3, -0.25) is 0 Å². The summed E-state index contributed by atoms with van der Waals surface area (Å²) < 4.78 is 12.8. The van der Waals surface area contributed by atoms with Crippen LogP contribution in [0.4, 0.5) is 4.39 Å². The molecule has 0 amide bonds. The fourth-order valence-electron chi connectivity index (χ4n) is 1.67. The number of aliphatic hydroxyl groups excluding tert-OH is 1. The normalized spacial score (nSPS) is 16.5. The molecule has 2 nitrogen and oxygen atoms in total. The average Bonchev–Trinajstić information content (AvgIpc) is 2.32. The molecule has 17 heavy (non-hydrogen) atoms. The molecule has 0 aliphatic heterocycles. The Labute approximate surface area is 107 Å². The van der Waals surface area contributed by atoms with E-state index in [1.807, 2.05) is 14.0 Å². The molecule has 0 aliphatic carbocycles. The van der Waals surface area contributed by atoms with Gasteiger partial charge >= 0.3 is 0 Å². The highest BCUT2D eigenvalue weighted by Gasteiger charge is 2.24. The van der Waals surface area contributed by atoms with Crippen molar-refractivity contribution < 1.29 is 9.50 Å². The van der Waals surface area contributed by atoms with Crippen molar-refractivity contribution in [3.05, 3.63) is 30.1 Å². The van der Waals surface area contributed by atoms with Crippen LogP contribution in [0, 0.1) is 5.82 Å². The second-order valence-corrected chi connectivity index (χ2v) is 6.07. The second kappa shape index (κ2) is 6.38. The van der Waals surface area contributed by atoms with Crippen LogP contribution in [-0.4, -0.2) is 29.5 Å². The van der Waals surface area contributed by atoms with Crippen molar-refractivity contribution in [2.45, 2.75) is 36.0 Å². The number of nitrogens with one attached hydrogen (secondary N) is 1. The van der Waals surface area contributed by atoms with Gasteiger partial charge in [-0.1, -0.05) is 6.92 Å². The third-order valence-corrected chi connectivity index (χ3v) is 3.95. The van der Waals surface area contributed by atoms with Crippen LogP contribution < -0.4 is 5.32 Å². The van der Waals surface area contributed by atoms with E-state index < -0.39 is 0 Å². The molecule has 0 bridgehead atoms. The molecule has 0 aliphatic rings. The van der Waals surface area contributed by atoms with E-state index in [4.69, 9.17) is 0 Å². The van der Waals surface area contributed by atoms with Crippen LogP contribution in [0.15, 0.2) is 29.2 Å². The highest BCUT2D eigenvalue weighted by atomic mass is 32.2.